The molecule has 94 valence electrons. The lowest BCUT2D eigenvalue weighted by atomic mass is 10.2. The van der Waals surface area contributed by atoms with Crippen LogP contribution in [-0.2, 0) is 0 Å². The van der Waals surface area contributed by atoms with Gasteiger partial charge < -0.3 is 0 Å². The highest BCUT2D eigenvalue weighted by atomic mass is 31.2. The molecule has 1 aromatic carbocycles. The third-order valence-electron chi connectivity index (χ3n) is 3.59. The van der Waals surface area contributed by atoms with Crippen LogP contribution in [0.15, 0.2) is 30.3 Å². The van der Waals surface area contributed by atoms with Gasteiger partial charge in [0.2, 0.25) is 0 Å². The molecule has 0 saturated heterocycles. The van der Waals surface area contributed by atoms with Crippen LogP contribution in [0.2, 0.25) is 6.82 Å². The summed E-state index contributed by atoms with van der Waals surface area (Å²) in [5.74, 6) is 0. The molecule has 0 aliphatic rings. The molecule has 0 bridgehead atoms. The molecule has 0 nitrogen and oxygen atoms in total. The van der Waals surface area contributed by atoms with Crippen LogP contribution in [0.4, 0.5) is 0 Å². The smallest absolute Gasteiger partial charge is 0.0446 e. The van der Waals surface area contributed by atoms with Crippen LogP contribution in [0.5, 0.6) is 0 Å². The standard InChI is InChI=1S/C15H26BP/c1-4-6-13-17(16-3,14-7-5-2)15-11-9-8-10-12-15/h8-12H,4-7,13-14H2,1-3H3. The molecule has 0 amide bonds. The number of benzene rings is 1. The minimum atomic E-state index is -0.987. The Labute approximate surface area is 109 Å². The maximum absolute atomic E-state index is 2.55. The Morgan fingerprint density at radius 2 is 1.47 bits per heavy atom. The van der Waals surface area contributed by atoms with Crippen LogP contribution >= 0.6 is 7.14 Å². The summed E-state index contributed by atoms with van der Waals surface area (Å²) >= 11 is 0. The summed E-state index contributed by atoms with van der Waals surface area (Å²) in [6.45, 7) is 9.43. The molecule has 0 heterocycles. The van der Waals surface area contributed by atoms with Crippen molar-refractivity contribution in [2.75, 3.05) is 12.3 Å². The van der Waals surface area contributed by atoms with Gasteiger partial charge in [0.05, 0.1) is 0 Å². The molecule has 0 atom stereocenters. The van der Waals surface area contributed by atoms with E-state index in [-0.39, 0.29) is 0 Å². The molecule has 0 N–H and O–H groups in total. The van der Waals surface area contributed by atoms with Crippen molar-refractivity contribution in [3.63, 3.8) is 0 Å². The Bertz CT molecular complexity index is 289. The summed E-state index contributed by atoms with van der Waals surface area (Å²) in [5.41, 5.74) is 0. The lowest BCUT2D eigenvalue weighted by Gasteiger charge is -2.38. The molecule has 0 unspecified atom stereocenters. The first-order valence-corrected chi connectivity index (χ1v) is 9.25. The van der Waals surface area contributed by atoms with Crippen molar-refractivity contribution < 1.29 is 0 Å². The average molecular weight is 248 g/mol. The SMILES string of the molecule is C[B-][P+](CCCC)(CCCC)c1ccccc1. The van der Waals surface area contributed by atoms with E-state index < -0.39 is 7.14 Å². The second kappa shape index (κ2) is 7.93. The van der Waals surface area contributed by atoms with Gasteiger partial charge in [-0.05, 0) is 25.0 Å². The largest absolute Gasteiger partial charge is 0.207 e. The van der Waals surface area contributed by atoms with Gasteiger partial charge >= 0.3 is 0 Å². The van der Waals surface area contributed by atoms with Crippen LogP contribution in [0.25, 0.3) is 0 Å². The highest BCUT2D eigenvalue weighted by Gasteiger charge is 2.25. The normalized spacial score (nSPS) is 11.7. The van der Waals surface area contributed by atoms with E-state index in [1.165, 1.54) is 38.0 Å². The van der Waals surface area contributed by atoms with E-state index in [4.69, 9.17) is 0 Å². The van der Waals surface area contributed by atoms with Gasteiger partial charge in [0.15, 0.2) is 0 Å². The molecule has 0 saturated carbocycles. The molecule has 1 rings (SSSR count). The fraction of sp³-hybridized carbons (Fsp3) is 0.600. The summed E-state index contributed by atoms with van der Waals surface area (Å²) < 4.78 is 0. The van der Waals surface area contributed by atoms with E-state index >= 15 is 0 Å². The average Bonchev–Trinajstić information content (AvgIpc) is 2.41. The van der Waals surface area contributed by atoms with Crippen molar-refractivity contribution in [2.24, 2.45) is 0 Å². The Balaban J connectivity index is 2.89. The lowest BCUT2D eigenvalue weighted by Crippen LogP contribution is -2.21. The van der Waals surface area contributed by atoms with Crippen molar-refractivity contribution in [1.29, 1.82) is 0 Å². The topological polar surface area (TPSA) is 0 Å². The fourth-order valence-corrected chi connectivity index (χ4v) is 6.46. The van der Waals surface area contributed by atoms with Gasteiger partial charge in [-0.25, -0.2) is 6.82 Å². The van der Waals surface area contributed by atoms with Gasteiger partial charge in [-0.2, -0.15) is 7.14 Å². The van der Waals surface area contributed by atoms with E-state index in [1.807, 2.05) is 0 Å². The maximum atomic E-state index is 2.55. The van der Waals surface area contributed by atoms with Gasteiger partial charge in [-0.1, -0.05) is 51.9 Å². The molecule has 17 heavy (non-hydrogen) atoms. The predicted octanol–water partition coefficient (Wildman–Crippen LogP) is 4.60. The molecule has 0 aliphatic heterocycles. The van der Waals surface area contributed by atoms with E-state index in [1.54, 1.807) is 5.30 Å². The molecule has 0 aliphatic carbocycles. The highest BCUT2D eigenvalue weighted by Crippen LogP contribution is 2.57. The van der Waals surface area contributed by atoms with E-state index in [0.717, 1.165) is 0 Å². The summed E-state index contributed by atoms with van der Waals surface area (Å²) in [5, 5.41) is 1.62. The molecule has 2 heteroatoms. The first kappa shape index (κ1) is 14.8. The van der Waals surface area contributed by atoms with Gasteiger partial charge in [0, 0.05) is 17.6 Å². The second-order valence-corrected chi connectivity index (χ2v) is 8.78. The molecule has 0 spiro atoms. The van der Waals surface area contributed by atoms with Crippen LogP contribution < -0.4 is 5.30 Å². The molecule has 0 fully saturated rings. The lowest BCUT2D eigenvalue weighted by molar-refractivity contribution is 0.868. The Morgan fingerprint density at radius 3 is 1.88 bits per heavy atom. The van der Waals surface area contributed by atoms with E-state index in [9.17, 15) is 0 Å². The van der Waals surface area contributed by atoms with Crippen LogP contribution in [0.3, 0.4) is 0 Å². The Kier molecular flexibility index (Phi) is 6.89. The maximum Gasteiger partial charge on any atom is 0.0446 e. The van der Waals surface area contributed by atoms with Gasteiger partial charge in [0.25, 0.3) is 0 Å². The van der Waals surface area contributed by atoms with Crippen LogP contribution in [-0.4, -0.2) is 19.3 Å². The van der Waals surface area contributed by atoms with E-state index in [0.29, 0.717) is 0 Å². The molecule has 1 aromatic rings. The van der Waals surface area contributed by atoms with Crippen molar-refractivity contribution >= 4 is 19.4 Å². The zero-order valence-electron chi connectivity index (χ0n) is 11.7. The van der Waals surface area contributed by atoms with Gasteiger partial charge in [-0.3, -0.25) is 0 Å². The number of rotatable bonds is 8. The molecular formula is C15H26BP. The van der Waals surface area contributed by atoms with Crippen molar-refractivity contribution in [3.8, 4) is 0 Å². The minimum absolute atomic E-state index is 0.987. The van der Waals surface area contributed by atoms with Crippen molar-refractivity contribution in [2.45, 2.75) is 46.4 Å². The number of hydrogen-bond donors (Lipinski definition) is 0. The van der Waals surface area contributed by atoms with Gasteiger partial charge in [0.1, 0.15) is 0 Å². The first-order valence-electron chi connectivity index (χ1n) is 7.02. The zero-order chi connectivity index (χ0) is 12.6. The second-order valence-electron chi connectivity index (χ2n) is 4.78. The summed E-state index contributed by atoms with van der Waals surface area (Å²) in [6, 6.07) is 11.2. The van der Waals surface area contributed by atoms with Crippen molar-refractivity contribution in [3.05, 3.63) is 30.3 Å². The molecule has 0 aromatic heterocycles. The minimum Gasteiger partial charge on any atom is -0.207 e. The summed E-state index contributed by atoms with van der Waals surface area (Å²) in [6.07, 6.45) is 8.19. The number of hydrogen-bond acceptors (Lipinski definition) is 0. The molecule has 2 radical (unpaired) electrons. The summed E-state index contributed by atoms with van der Waals surface area (Å²) in [7, 11) is -0.987. The monoisotopic (exact) mass is 248 g/mol. The van der Waals surface area contributed by atoms with Gasteiger partial charge in [-0.15, -0.1) is 0 Å². The third kappa shape index (κ3) is 4.14. The van der Waals surface area contributed by atoms with Crippen LogP contribution in [0.1, 0.15) is 39.5 Å². The van der Waals surface area contributed by atoms with Crippen LogP contribution in [0, 0.1) is 0 Å². The fourth-order valence-electron chi connectivity index (χ4n) is 2.38. The molecular weight excluding hydrogens is 222 g/mol. The Morgan fingerprint density at radius 1 is 0.941 bits per heavy atom. The quantitative estimate of drug-likeness (QED) is 0.466. The zero-order valence-corrected chi connectivity index (χ0v) is 12.5. The summed E-state index contributed by atoms with van der Waals surface area (Å²) in [4.78, 5) is 0. The highest BCUT2D eigenvalue weighted by molar-refractivity contribution is 8.05. The van der Waals surface area contributed by atoms with Crippen molar-refractivity contribution in [1.82, 2.24) is 0 Å². The number of unbranched alkanes of at least 4 members (excludes halogenated alkanes) is 2. The Hall–Kier alpha value is -0.285. The predicted molar refractivity (Wildman–Crippen MR) is 84.2 cm³/mol. The third-order valence-corrected chi connectivity index (χ3v) is 8.13. The first-order chi connectivity index (χ1) is 8.29. The van der Waals surface area contributed by atoms with E-state index in [2.05, 4.69) is 58.0 Å².